The van der Waals surface area contributed by atoms with Gasteiger partial charge in [-0.15, -0.1) is 0 Å². The van der Waals surface area contributed by atoms with Gasteiger partial charge in [0.25, 0.3) is 0 Å². The largest absolute Gasteiger partial charge is 0.508 e. The highest BCUT2D eigenvalue weighted by Gasteiger charge is 2.15. The van der Waals surface area contributed by atoms with Crippen molar-refractivity contribution in [2.75, 3.05) is 46.6 Å². The van der Waals surface area contributed by atoms with E-state index >= 15 is 0 Å². The third-order valence-electron chi connectivity index (χ3n) is 4.23. The van der Waals surface area contributed by atoms with Crippen molar-refractivity contribution in [2.45, 2.75) is 25.7 Å². The van der Waals surface area contributed by atoms with Gasteiger partial charge in [-0.1, -0.05) is 12.1 Å². The number of nitrogens with zero attached hydrogens (tertiary/aromatic N) is 1. The normalized spacial score (nSPS) is 17.6. The van der Waals surface area contributed by atoms with E-state index in [2.05, 4.69) is 15.6 Å². The fourth-order valence-corrected chi connectivity index (χ4v) is 2.73. The van der Waals surface area contributed by atoms with Crippen molar-refractivity contribution in [2.24, 2.45) is 10.9 Å². The summed E-state index contributed by atoms with van der Waals surface area (Å²) in [5, 5.41) is 15.9. The van der Waals surface area contributed by atoms with Gasteiger partial charge in [-0.3, -0.25) is 4.99 Å². The molecule has 0 radical (unpaired) electrons. The molecule has 1 heterocycles. The zero-order valence-electron chi connectivity index (χ0n) is 15.2. The summed E-state index contributed by atoms with van der Waals surface area (Å²) in [5.74, 6) is 1.72. The van der Waals surface area contributed by atoms with Crippen LogP contribution in [-0.2, 0) is 15.9 Å². The maximum Gasteiger partial charge on any atom is 0.190 e. The summed E-state index contributed by atoms with van der Waals surface area (Å²) in [6.07, 6.45) is 4.07. The topological polar surface area (TPSA) is 75.1 Å². The van der Waals surface area contributed by atoms with E-state index in [-0.39, 0.29) is 0 Å². The summed E-state index contributed by atoms with van der Waals surface area (Å²) in [6, 6.07) is 7.37. The SMILES string of the molecule is CN=C(NCCCOCC1CCOC1)NCCCc1ccc(O)cc1. The van der Waals surface area contributed by atoms with Crippen molar-refractivity contribution in [1.29, 1.82) is 0 Å². The number of hydrogen-bond donors (Lipinski definition) is 3. The molecule has 0 bridgehead atoms. The van der Waals surface area contributed by atoms with Crippen LogP contribution < -0.4 is 10.6 Å². The molecule has 140 valence electrons. The highest BCUT2D eigenvalue weighted by molar-refractivity contribution is 5.79. The fraction of sp³-hybridized carbons (Fsp3) is 0.632. The first-order chi connectivity index (χ1) is 12.3. The van der Waals surface area contributed by atoms with Crippen LogP contribution in [0.4, 0.5) is 0 Å². The summed E-state index contributed by atoms with van der Waals surface area (Å²) in [7, 11) is 1.78. The quantitative estimate of drug-likeness (QED) is 0.342. The zero-order chi connectivity index (χ0) is 17.7. The number of aliphatic imine (C=N–C) groups is 1. The van der Waals surface area contributed by atoms with Crippen molar-refractivity contribution in [3.8, 4) is 5.75 Å². The summed E-state index contributed by atoms with van der Waals surface area (Å²) in [6.45, 7) is 5.01. The molecule has 6 nitrogen and oxygen atoms in total. The van der Waals surface area contributed by atoms with Crippen molar-refractivity contribution < 1.29 is 14.6 Å². The van der Waals surface area contributed by atoms with Crippen molar-refractivity contribution in [3.63, 3.8) is 0 Å². The number of phenols is 1. The summed E-state index contributed by atoms with van der Waals surface area (Å²) in [5.41, 5.74) is 1.23. The molecule has 0 saturated carbocycles. The minimum atomic E-state index is 0.312. The second kappa shape index (κ2) is 11.7. The average molecular weight is 349 g/mol. The first-order valence-electron chi connectivity index (χ1n) is 9.16. The number of phenolic OH excluding ortho intramolecular Hbond substituents is 1. The zero-order valence-corrected chi connectivity index (χ0v) is 15.2. The molecule has 0 spiro atoms. The molecular weight excluding hydrogens is 318 g/mol. The van der Waals surface area contributed by atoms with Gasteiger partial charge in [0.2, 0.25) is 0 Å². The minimum Gasteiger partial charge on any atom is -0.508 e. The van der Waals surface area contributed by atoms with Gasteiger partial charge in [-0.2, -0.15) is 0 Å². The Bertz CT molecular complexity index is 499. The van der Waals surface area contributed by atoms with Crippen LogP contribution in [-0.4, -0.2) is 57.6 Å². The van der Waals surface area contributed by atoms with Crippen molar-refractivity contribution in [1.82, 2.24) is 10.6 Å². The predicted octanol–water partition coefficient (Wildman–Crippen LogP) is 1.93. The number of benzene rings is 1. The molecule has 3 N–H and O–H groups in total. The molecule has 2 rings (SSSR count). The van der Waals surface area contributed by atoms with Gasteiger partial charge in [0, 0.05) is 39.3 Å². The Kier molecular flexibility index (Phi) is 9.15. The number of aryl methyl sites for hydroxylation is 1. The van der Waals surface area contributed by atoms with Crippen LogP contribution in [0.5, 0.6) is 5.75 Å². The second-order valence-corrected chi connectivity index (χ2v) is 6.35. The molecule has 1 aliphatic rings. The number of aromatic hydroxyl groups is 1. The molecule has 1 aliphatic heterocycles. The van der Waals surface area contributed by atoms with Crippen LogP contribution in [0.15, 0.2) is 29.3 Å². The van der Waals surface area contributed by atoms with E-state index in [9.17, 15) is 5.11 Å². The third-order valence-corrected chi connectivity index (χ3v) is 4.23. The molecule has 0 amide bonds. The fourth-order valence-electron chi connectivity index (χ4n) is 2.73. The predicted molar refractivity (Wildman–Crippen MR) is 100 cm³/mol. The van der Waals surface area contributed by atoms with Crippen LogP contribution in [0, 0.1) is 5.92 Å². The lowest BCUT2D eigenvalue weighted by Gasteiger charge is -2.12. The molecule has 1 saturated heterocycles. The van der Waals surface area contributed by atoms with Crippen LogP contribution in [0.1, 0.15) is 24.8 Å². The van der Waals surface area contributed by atoms with Gasteiger partial charge in [-0.05, 0) is 43.4 Å². The molecular formula is C19H31N3O3. The van der Waals surface area contributed by atoms with E-state index in [4.69, 9.17) is 9.47 Å². The minimum absolute atomic E-state index is 0.312. The van der Waals surface area contributed by atoms with E-state index < -0.39 is 0 Å². The number of rotatable bonds is 10. The Morgan fingerprint density at radius 3 is 2.68 bits per heavy atom. The number of guanidine groups is 1. The van der Waals surface area contributed by atoms with Crippen LogP contribution >= 0.6 is 0 Å². The van der Waals surface area contributed by atoms with Gasteiger partial charge in [-0.25, -0.2) is 0 Å². The van der Waals surface area contributed by atoms with E-state index in [0.29, 0.717) is 11.7 Å². The highest BCUT2D eigenvalue weighted by atomic mass is 16.5. The molecule has 0 aromatic heterocycles. The molecule has 1 unspecified atom stereocenters. The standard InChI is InChI=1S/C19H31N3O3/c1-20-19(21-10-2-4-16-5-7-18(23)8-6-16)22-11-3-12-24-14-17-9-13-25-15-17/h5-8,17,23H,2-4,9-15H2,1H3,(H2,20,21,22). The summed E-state index contributed by atoms with van der Waals surface area (Å²) < 4.78 is 11.0. The lowest BCUT2D eigenvalue weighted by molar-refractivity contribution is 0.0888. The molecule has 0 aliphatic carbocycles. The second-order valence-electron chi connectivity index (χ2n) is 6.35. The molecule has 6 heteroatoms. The van der Waals surface area contributed by atoms with E-state index in [1.807, 2.05) is 12.1 Å². The number of ether oxygens (including phenoxy) is 2. The summed E-state index contributed by atoms with van der Waals surface area (Å²) in [4.78, 5) is 4.23. The maximum atomic E-state index is 9.27. The van der Waals surface area contributed by atoms with Crippen LogP contribution in [0.2, 0.25) is 0 Å². The molecule has 1 atom stereocenters. The van der Waals surface area contributed by atoms with E-state index in [1.165, 1.54) is 5.56 Å². The first-order valence-corrected chi connectivity index (χ1v) is 9.16. The average Bonchev–Trinajstić information content (AvgIpc) is 3.14. The molecule has 1 fully saturated rings. The Labute approximate surface area is 150 Å². The highest BCUT2D eigenvalue weighted by Crippen LogP contribution is 2.12. The smallest absolute Gasteiger partial charge is 0.190 e. The van der Waals surface area contributed by atoms with Crippen LogP contribution in [0.25, 0.3) is 0 Å². The van der Waals surface area contributed by atoms with Gasteiger partial charge in [0.05, 0.1) is 13.2 Å². The van der Waals surface area contributed by atoms with E-state index in [1.54, 1.807) is 19.2 Å². The molecule has 1 aromatic carbocycles. The molecule has 1 aromatic rings. The van der Waals surface area contributed by atoms with Crippen LogP contribution in [0.3, 0.4) is 0 Å². The lowest BCUT2D eigenvalue weighted by Crippen LogP contribution is -2.38. The Morgan fingerprint density at radius 2 is 2.00 bits per heavy atom. The van der Waals surface area contributed by atoms with Crippen molar-refractivity contribution >= 4 is 5.96 Å². The lowest BCUT2D eigenvalue weighted by atomic mass is 10.1. The monoisotopic (exact) mass is 349 g/mol. The number of nitrogens with one attached hydrogen (secondary N) is 2. The Balaban J connectivity index is 1.46. The number of hydrogen-bond acceptors (Lipinski definition) is 4. The van der Waals surface area contributed by atoms with Gasteiger partial charge in [0.1, 0.15) is 5.75 Å². The first kappa shape index (κ1) is 19.5. The molecule has 25 heavy (non-hydrogen) atoms. The van der Waals surface area contributed by atoms with Gasteiger partial charge >= 0.3 is 0 Å². The van der Waals surface area contributed by atoms with Gasteiger partial charge in [0.15, 0.2) is 5.96 Å². The van der Waals surface area contributed by atoms with E-state index in [0.717, 1.165) is 71.2 Å². The maximum absolute atomic E-state index is 9.27. The Morgan fingerprint density at radius 1 is 1.24 bits per heavy atom. The summed E-state index contributed by atoms with van der Waals surface area (Å²) >= 11 is 0. The van der Waals surface area contributed by atoms with Crippen molar-refractivity contribution in [3.05, 3.63) is 29.8 Å². The van der Waals surface area contributed by atoms with Gasteiger partial charge < -0.3 is 25.2 Å². The Hall–Kier alpha value is -1.79. The third kappa shape index (κ3) is 8.23.